The number of para-hydroxylation sites is 3. The fourth-order valence-electron chi connectivity index (χ4n) is 7.76. The molecule has 0 unspecified atom stereocenters. The number of pyridine rings is 2. The number of phenolic OH excluding ortho intramolecular Hbond substituents is 1. The molecule has 0 bridgehead atoms. The van der Waals surface area contributed by atoms with Gasteiger partial charge in [-0.3, -0.25) is 9.97 Å². The molecule has 6 aromatic carbocycles. The zero-order valence-corrected chi connectivity index (χ0v) is 32.1. The third kappa shape index (κ3) is 5.94. The van der Waals surface area contributed by atoms with Gasteiger partial charge in [-0.05, 0) is 83.8 Å². The first kappa shape index (κ1) is 34.2. The van der Waals surface area contributed by atoms with E-state index in [2.05, 4.69) is 137 Å². The van der Waals surface area contributed by atoms with Gasteiger partial charge in [0.05, 0.1) is 16.7 Å². The normalized spacial score (nSPS) is 11.3. The molecule has 0 spiro atoms. The van der Waals surface area contributed by atoms with Gasteiger partial charge in [-0.25, -0.2) is 0 Å². The van der Waals surface area contributed by atoms with Crippen LogP contribution in [0.15, 0.2) is 176 Å². The molecule has 0 radical (unpaired) electrons. The van der Waals surface area contributed by atoms with Crippen molar-refractivity contribution in [2.45, 2.75) is 6.92 Å². The Hall–Kier alpha value is -6.55. The molecule has 4 aromatic heterocycles. The average Bonchev–Trinajstić information content (AvgIpc) is 3.78. The third-order valence-electron chi connectivity index (χ3n) is 10.3. The van der Waals surface area contributed by atoms with Crippen molar-refractivity contribution < 1.29 is 26.2 Å². The summed E-state index contributed by atoms with van der Waals surface area (Å²) < 4.78 is 4.51. The zero-order chi connectivity index (χ0) is 36.2. The first-order chi connectivity index (χ1) is 26.6. The first-order valence-corrected chi connectivity index (χ1v) is 18.1. The van der Waals surface area contributed by atoms with Crippen LogP contribution >= 0.6 is 0 Å². The van der Waals surface area contributed by atoms with E-state index in [9.17, 15) is 5.11 Å². The molecule has 0 amide bonds. The number of rotatable bonds is 6. The van der Waals surface area contributed by atoms with E-state index in [1.807, 2.05) is 54.6 Å². The maximum atomic E-state index is 10.9. The van der Waals surface area contributed by atoms with Gasteiger partial charge in [0, 0.05) is 66.4 Å². The van der Waals surface area contributed by atoms with Crippen LogP contribution in [-0.4, -0.2) is 24.0 Å². The van der Waals surface area contributed by atoms with E-state index in [0.29, 0.717) is 11.3 Å². The van der Waals surface area contributed by atoms with Crippen LogP contribution < -0.4 is 0 Å². The van der Waals surface area contributed by atoms with Crippen LogP contribution in [0.2, 0.25) is 0 Å². The van der Waals surface area contributed by atoms with Gasteiger partial charge in [0.25, 0.3) is 0 Å². The Labute approximate surface area is 333 Å². The summed E-state index contributed by atoms with van der Waals surface area (Å²) in [6, 6.07) is 61.7. The van der Waals surface area contributed by atoms with Crippen molar-refractivity contribution in [3.8, 4) is 67.6 Å². The largest absolute Gasteiger partial charge is 0.507 e. The van der Waals surface area contributed by atoms with E-state index >= 15 is 0 Å². The Kier molecular flexibility index (Phi) is 8.73. The van der Waals surface area contributed by atoms with Crippen LogP contribution in [0, 0.1) is 13.0 Å². The average molecular weight is 889 g/mol. The van der Waals surface area contributed by atoms with Crippen LogP contribution in [0.25, 0.3) is 89.3 Å². The summed E-state index contributed by atoms with van der Waals surface area (Å²) in [6.07, 6.45) is 2.07. The Bertz CT molecular complexity index is 2930. The van der Waals surface area contributed by atoms with Crippen LogP contribution in [0.1, 0.15) is 5.56 Å². The van der Waals surface area contributed by atoms with E-state index in [1.54, 1.807) is 6.07 Å². The second-order valence-corrected chi connectivity index (χ2v) is 13.6. The standard InChI is InChI=1S/C49H33N4O.Pt/c1-32-14-2-3-19-38(32)36-30-42(50-43(31-36)41-22-6-9-25-46(41)54)33-15-12-16-34(28-33)48-49(52-27-11-10-26-47(52)51-48)35-17-13-18-37(29-35)53-44-23-7-4-20-39(44)40-21-5-8-24-45(40)53;/h2-27,29-31,54H,1H3;/q-1;. The molecule has 0 aliphatic carbocycles. The van der Waals surface area contributed by atoms with Gasteiger partial charge in [-0.15, -0.1) is 24.3 Å². The molecule has 6 heteroatoms. The van der Waals surface area contributed by atoms with E-state index in [-0.39, 0.29) is 26.8 Å². The minimum atomic E-state index is 0. The predicted molar refractivity (Wildman–Crippen MR) is 220 cm³/mol. The molecule has 10 aromatic rings. The zero-order valence-electron chi connectivity index (χ0n) is 29.8. The van der Waals surface area contributed by atoms with Gasteiger partial charge in [-0.2, -0.15) is 0 Å². The number of phenols is 1. The maximum Gasteiger partial charge on any atom is 0.129 e. The van der Waals surface area contributed by atoms with Gasteiger partial charge in [0.2, 0.25) is 0 Å². The van der Waals surface area contributed by atoms with Crippen LogP contribution in [-0.2, 0) is 21.1 Å². The number of benzene rings is 6. The molecule has 0 atom stereocenters. The molecule has 1 N–H and O–H groups in total. The monoisotopic (exact) mass is 888 g/mol. The summed E-state index contributed by atoms with van der Waals surface area (Å²) in [5, 5.41) is 13.3. The summed E-state index contributed by atoms with van der Waals surface area (Å²) in [4.78, 5) is 10.3. The summed E-state index contributed by atoms with van der Waals surface area (Å²) >= 11 is 0. The fraction of sp³-hybridized carbons (Fsp3) is 0.0204. The van der Waals surface area contributed by atoms with Crippen LogP contribution in [0.3, 0.4) is 0 Å². The number of aromatic hydroxyl groups is 1. The SMILES string of the molecule is Cc1ccccc1-c1cc(-c2[c-]c(-c3nc4ccccn4c3-c3cccc(-n4c5ccccc5c5ccccc54)c3)ccc2)nc(-c2ccccc2O)c1.[Pt]. The number of imidazole rings is 1. The number of hydrogen-bond donors (Lipinski definition) is 1. The van der Waals surface area contributed by atoms with E-state index in [1.165, 1.54) is 21.8 Å². The molecule has 55 heavy (non-hydrogen) atoms. The predicted octanol–water partition coefficient (Wildman–Crippen LogP) is 12.0. The van der Waals surface area contributed by atoms with Crippen molar-refractivity contribution in [3.05, 3.63) is 188 Å². The van der Waals surface area contributed by atoms with E-state index < -0.39 is 0 Å². The minimum absolute atomic E-state index is 0. The molecule has 0 aliphatic heterocycles. The maximum absolute atomic E-state index is 10.9. The number of nitrogens with zero attached hydrogens (tertiary/aromatic N) is 4. The number of aromatic nitrogens is 4. The molecule has 266 valence electrons. The van der Waals surface area contributed by atoms with Crippen molar-refractivity contribution in [1.29, 1.82) is 0 Å². The van der Waals surface area contributed by atoms with E-state index in [0.717, 1.165) is 61.8 Å². The molecule has 5 nitrogen and oxygen atoms in total. The van der Waals surface area contributed by atoms with Gasteiger partial charge in [0.1, 0.15) is 11.4 Å². The number of fused-ring (bicyclic) bond motifs is 4. The molecule has 0 saturated heterocycles. The Morgan fingerprint density at radius 2 is 1.20 bits per heavy atom. The van der Waals surface area contributed by atoms with Crippen LogP contribution in [0.5, 0.6) is 5.75 Å². The molecule has 0 fully saturated rings. The van der Waals surface area contributed by atoms with Gasteiger partial charge < -0.3 is 14.1 Å². The summed E-state index contributed by atoms with van der Waals surface area (Å²) in [5.74, 6) is 0.188. The van der Waals surface area contributed by atoms with Crippen molar-refractivity contribution in [1.82, 2.24) is 18.9 Å². The Morgan fingerprint density at radius 1 is 0.545 bits per heavy atom. The van der Waals surface area contributed by atoms with Crippen molar-refractivity contribution in [2.24, 2.45) is 0 Å². The quantitative estimate of drug-likeness (QED) is 0.169. The van der Waals surface area contributed by atoms with Crippen LogP contribution in [0.4, 0.5) is 0 Å². The Balaban J connectivity index is 0.00000397. The topological polar surface area (TPSA) is 55.4 Å². The Morgan fingerprint density at radius 3 is 1.98 bits per heavy atom. The summed E-state index contributed by atoms with van der Waals surface area (Å²) in [7, 11) is 0. The minimum Gasteiger partial charge on any atom is -0.507 e. The van der Waals surface area contributed by atoms with Crippen molar-refractivity contribution in [2.75, 3.05) is 0 Å². The summed E-state index contributed by atoms with van der Waals surface area (Å²) in [5.41, 5.74) is 14.2. The van der Waals surface area contributed by atoms with Crippen molar-refractivity contribution >= 4 is 27.5 Å². The fourth-order valence-corrected chi connectivity index (χ4v) is 7.76. The van der Waals surface area contributed by atoms with Gasteiger partial charge >= 0.3 is 0 Å². The number of hydrogen-bond acceptors (Lipinski definition) is 3. The molecule has 0 aliphatic rings. The van der Waals surface area contributed by atoms with Crippen molar-refractivity contribution in [3.63, 3.8) is 0 Å². The molecule has 0 saturated carbocycles. The number of aryl methyl sites for hydroxylation is 1. The molecular weight excluding hydrogens is 856 g/mol. The van der Waals surface area contributed by atoms with Gasteiger partial charge in [0.15, 0.2) is 0 Å². The first-order valence-electron chi connectivity index (χ1n) is 18.1. The summed E-state index contributed by atoms with van der Waals surface area (Å²) in [6.45, 7) is 2.11. The molecule has 4 heterocycles. The second kappa shape index (κ2) is 14.0. The second-order valence-electron chi connectivity index (χ2n) is 13.6. The molecule has 10 rings (SSSR count). The van der Waals surface area contributed by atoms with E-state index in [4.69, 9.17) is 9.97 Å². The third-order valence-corrected chi connectivity index (χ3v) is 10.3. The smallest absolute Gasteiger partial charge is 0.129 e. The molecular formula is C49H33N4OPt-. The van der Waals surface area contributed by atoms with Gasteiger partial charge in [-0.1, -0.05) is 108 Å².